The van der Waals surface area contributed by atoms with Gasteiger partial charge >= 0.3 is 0 Å². The van der Waals surface area contributed by atoms with Crippen LogP contribution in [0, 0.1) is 0 Å². The summed E-state index contributed by atoms with van der Waals surface area (Å²) < 4.78 is 0. The highest BCUT2D eigenvalue weighted by Crippen LogP contribution is 2.31. The van der Waals surface area contributed by atoms with Crippen LogP contribution in [0.2, 0.25) is 5.28 Å². The van der Waals surface area contributed by atoms with Crippen molar-refractivity contribution in [2.75, 3.05) is 4.90 Å². The number of piperidine rings is 1. The fourth-order valence-corrected chi connectivity index (χ4v) is 5.20. The van der Waals surface area contributed by atoms with Crippen LogP contribution < -0.4 is 16.0 Å². The molecule has 2 aromatic rings. The highest BCUT2D eigenvalue weighted by molar-refractivity contribution is 6.28. The number of nitrogens with zero attached hydrogens (tertiary/aromatic N) is 5. The lowest BCUT2D eigenvalue weighted by atomic mass is 9.90. The first-order valence-corrected chi connectivity index (χ1v) is 11.9. The van der Waals surface area contributed by atoms with Crippen molar-refractivity contribution in [2.45, 2.75) is 69.7 Å². The Morgan fingerprint density at radius 1 is 1.12 bits per heavy atom. The molecule has 34 heavy (non-hydrogen) atoms. The maximum Gasteiger partial charge on any atom is 0.255 e. The SMILES string of the molecule is NC1CCC(N(Cc2ccc3c(c2)C(=O)N(C2CCC(=O)NC2=O)C3)c2ncnc(Cl)n2)CC1. The predicted molar refractivity (Wildman–Crippen MR) is 124 cm³/mol. The topological polar surface area (TPSA) is 134 Å². The van der Waals surface area contributed by atoms with Gasteiger partial charge < -0.3 is 15.5 Å². The van der Waals surface area contributed by atoms with Gasteiger partial charge in [0, 0.05) is 37.2 Å². The second-order valence-corrected chi connectivity index (χ2v) is 9.48. The summed E-state index contributed by atoms with van der Waals surface area (Å²) in [4.78, 5) is 53.3. The summed E-state index contributed by atoms with van der Waals surface area (Å²) in [6.45, 7) is 0.854. The molecule has 1 unspecified atom stereocenters. The molecule has 1 saturated heterocycles. The predicted octanol–water partition coefficient (Wildman–Crippen LogP) is 1.56. The Bertz CT molecular complexity index is 1140. The van der Waals surface area contributed by atoms with E-state index < -0.39 is 11.9 Å². The van der Waals surface area contributed by atoms with Gasteiger partial charge in [0.2, 0.25) is 23.0 Å². The van der Waals surface area contributed by atoms with E-state index in [0.717, 1.165) is 36.8 Å². The smallest absolute Gasteiger partial charge is 0.255 e. The maximum absolute atomic E-state index is 13.2. The number of rotatable bonds is 5. The van der Waals surface area contributed by atoms with Crippen molar-refractivity contribution < 1.29 is 14.4 Å². The fraction of sp³-hybridized carbons (Fsp3) is 0.478. The fourth-order valence-electron chi connectivity index (χ4n) is 5.08. The number of nitrogens with two attached hydrogens (primary N) is 1. The van der Waals surface area contributed by atoms with Crippen LogP contribution in [0.1, 0.15) is 60.0 Å². The van der Waals surface area contributed by atoms with Gasteiger partial charge in [-0.15, -0.1) is 0 Å². The second-order valence-electron chi connectivity index (χ2n) is 9.14. The van der Waals surface area contributed by atoms with Gasteiger partial charge in [0.15, 0.2) is 0 Å². The van der Waals surface area contributed by atoms with Crippen LogP contribution in [0.3, 0.4) is 0 Å². The van der Waals surface area contributed by atoms with Gasteiger partial charge in [-0.2, -0.15) is 4.98 Å². The first-order chi connectivity index (χ1) is 16.4. The third kappa shape index (κ3) is 4.47. The number of carbonyl (C=O) groups excluding carboxylic acids is 3. The van der Waals surface area contributed by atoms with Gasteiger partial charge in [-0.25, -0.2) is 9.97 Å². The average molecular weight is 484 g/mol. The highest BCUT2D eigenvalue weighted by Gasteiger charge is 2.39. The van der Waals surface area contributed by atoms with Crippen molar-refractivity contribution >= 4 is 35.3 Å². The van der Waals surface area contributed by atoms with Gasteiger partial charge in [-0.05, 0) is 60.9 Å². The molecule has 1 atom stereocenters. The Hall–Kier alpha value is -3.11. The van der Waals surface area contributed by atoms with Crippen molar-refractivity contribution in [1.29, 1.82) is 0 Å². The van der Waals surface area contributed by atoms with Gasteiger partial charge in [0.1, 0.15) is 12.4 Å². The first-order valence-electron chi connectivity index (χ1n) is 11.5. The molecule has 0 bridgehead atoms. The summed E-state index contributed by atoms with van der Waals surface area (Å²) in [5, 5.41) is 2.47. The Morgan fingerprint density at radius 2 is 1.91 bits per heavy atom. The third-order valence-electron chi connectivity index (χ3n) is 6.91. The van der Waals surface area contributed by atoms with Crippen molar-refractivity contribution in [3.63, 3.8) is 0 Å². The third-order valence-corrected chi connectivity index (χ3v) is 7.10. The number of fused-ring (bicyclic) bond motifs is 1. The van der Waals surface area contributed by atoms with Crippen LogP contribution in [0.5, 0.6) is 0 Å². The molecule has 2 aliphatic heterocycles. The number of nitrogens with one attached hydrogen (secondary N) is 1. The number of halogens is 1. The minimum Gasteiger partial charge on any atom is -0.333 e. The Labute approximate surface area is 201 Å². The van der Waals surface area contributed by atoms with Crippen LogP contribution in [0.25, 0.3) is 0 Å². The number of hydrogen-bond acceptors (Lipinski definition) is 8. The molecule has 1 aliphatic carbocycles. The lowest BCUT2D eigenvalue weighted by Gasteiger charge is -2.36. The molecule has 1 aromatic heterocycles. The minimum atomic E-state index is -0.628. The summed E-state index contributed by atoms with van der Waals surface area (Å²) in [5.41, 5.74) is 8.50. The molecule has 5 rings (SSSR count). The van der Waals surface area contributed by atoms with E-state index in [1.807, 2.05) is 18.2 Å². The van der Waals surface area contributed by atoms with Crippen LogP contribution in [0.15, 0.2) is 24.5 Å². The molecule has 3 N–H and O–H groups in total. The van der Waals surface area contributed by atoms with Crippen LogP contribution in [-0.4, -0.2) is 55.7 Å². The minimum absolute atomic E-state index is 0.131. The summed E-state index contributed by atoms with van der Waals surface area (Å²) in [6, 6.07) is 5.58. The Kier molecular flexibility index (Phi) is 6.18. The van der Waals surface area contributed by atoms with Gasteiger partial charge in [0.05, 0.1) is 0 Å². The highest BCUT2D eigenvalue weighted by atomic mass is 35.5. The molecule has 3 heterocycles. The number of carbonyl (C=O) groups is 3. The molecule has 178 valence electrons. The lowest BCUT2D eigenvalue weighted by molar-refractivity contribution is -0.136. The van der Waals surface area contributed by atoms with E-state index in [9.17, 15) is 14.4 Å². The van der Waals surface area contributed by atoms with Gasteiger partial charge in [-0.1, -0.05) is 12.1 Å². The normalized spacial score (nSPS) is 24.7. The van der Waals surface area contributed by atoms with Crippen LogP contribution in [0.4, 0.5) is 5.95 Å². The zero-order valence-electron chi connectivity index (χ0n) is 18.6. The number of anilines is 1. The largest absolute Gasteiger partial charge is 0.333 e. The van der Waals surface area contributed by atoms with E-state index in [0.29, 0.717) is 31.0 Å². The summed E-state index contributed by atoms with van der Waals surface area (Å²) in [7, 11) is 0. The molecule has 2 fully saturated rings. The van der Waals surface area contributed by atoms with E-state index in [1.165, 1.54) is 6.33 Å². The molecule has 11 heteroatoms. The summed E-state index contributed by atoms with van der Waals surface area (Å²) in [5.74, 6) is -0.400. The molecule has 0 spiro atoms. The Morgan fingerprint density at radius 3 is 2.65 bits per heavy atom. The standard InChI is InChI=1S/C23H26ClN7O3/c24-22-26-12-27-23(29-22)30(16-5-3-15(25)4-6-16)10-13-1-2-14-11-31(21(34)17(14)9-13)18-7-8-19(32)28-20(18)33/h1-2,9,12,15-16,18H,3-8,10-11,25H2,(H,28,32,33). The van der Waals surface area contributed by atoms with Gasteiger partial charge in [0.25, 0.3) is 5.91 Å². The maximum atomic E-state index is 13.2. The number of amides is 3. The second kappa shape index (κ2) is 9.27. The van der Waals surface area contributed by atoms with E-state index >= 15 is 0 Å². The van der Waals surface area contributed by atoms with E-state index in [1.54, 1.807) is 4.90 Å². The number of benzene rings is 1. The molecular weight excluding hydrogens is 458 g/mol. The van der Waals surface area contributed by atoms with Crippen LogP contribution in [-0.2, 0) is 22.7 Å². The summed E-state index contributed by atoms with van der Waals surface area (Å²) >= 11 is 6.05. The first kappa shape index (κ1) is 22.7. The van der Waals surface area contributed by atoms with E-state index in [2.05, 4.69) is 25.2 Å². The van der Waals surface area contributed by atoms with Crippen molar-refractivity contribution in [2.24, 2.45) is 5.73 Å². The van der Waals surface area contributed by atoms with Crippen molar-refractivity contribution in [3.8, 4) is 0 Å². The molecular formula is C23H26ClN7O3. The lowest BCUT2D eigenvalue weighted by Crippen LogP contribution is -2.52. The van der Waals surface area contributed by atoms with E-state index in [4.69, 9.17) is 17.3 Å². The average Bonchev–Trinajstić information content (AvgIpc) is 3.14. The molecule has 0 radical (unpaired) electrons. The van der Waals surface area contributed by atoms with E-state index in [-0.39, 0.29) is 35.6 Å². The monoisotopic (exact) mass is 483 g/mol. The molecule has 1 aromatic carbocycles. The number of aromatic nitrogens is 3. The van der Waals surface area contributed by atoms with Crippen molar-refractivity contribution in [3.05, 3.63) is 46.5 Å². The van der Waals surface area contributed by atoms with Crippen molar-refractivity contribution in [1.82, 2.24) is 25.2 Å². The van der Waals surface area contributed by atoms with Crippen LogP contribution >= 0.6 is 11.6 Å². The quantitative estimate of drug-likeness (QED) is 0.612. The molecule has 10 nitrogen and oxygen atoms in total. The molecule has 3 aliphatic rings. The van der Waals surface area contributed by atoms with Gasteiger partial charge in [-0.3, -0.25) is 19.7 Å². The summed E-state index contributed by atoms with van der Waals surface area (Å²) in [6.07, 6.45) is 5.64. The molecule has 1 saturated carbocycles. The zero-order chi connectivity index (χ0) is 23.8. The zero-order valence-corrected chi connectivity index (χ0v) is 19.4. The molecule has 3 amide bonds. The Balaban J connectivity index is 1.38. The number of hydrogen-bond donors (Lipinski definition) is 2. The number of imide groups is 1.